The molecule has 0 spiro atoms. The van der Waals surface area contributed by atoms with E-state index < -0.39 is 0 Å². The van der Waals surface area contributed by atoms with Crippen molar-refractivity contribution in [2.24, 2.45) is 5.84 Å². The van der Waals surface area contributed by atoms with Crippen LogP contribution in [0.5, 0.6) is 5.75 Å². The summed E-state index contributed by atoms with van der Waals surface area (Å²) >= 11 is 5.76. The standard InChI is InChI=1S/C7H9ClN2O/c1-11-7-4-5(10-9)2-3-6(7)8/h2-4,10H,9H2,1H3. The average molecular weight is 173 g/mol. The van der Waals surface area contributed by atoms with Gasteiger partial charge in [0.15, 0.2) is 0 Å². The quantitative estimate of drug-likeness (QED) is 0.527. The molecule has 0 amide bonds. The number of hydrogen-bond acceptors (Lipinski definition) is 3. The molecule has 0 unspecified atom stereocenters. The SMILES string of the molecule is COc1cc(NN)ccc1Cl. The Morgan fingerprint density at radius 2 is 2.27 bits per heavy atom. The zero-order valence-corrected chi connectivity index (χ0v) is 6.85. The van der Waals surface area contributed by atoms with E-state index in [1.807, 2.05) is 0 Å². The monoisotopic (exact) mass is 172 g/mol. The Kier molecular flexibility index (Phi) is 2.57. The van der Waals surface area contributed by atoms with Crippen molar-refractivity contribution < 1.29 is 4.74 Å². The van der Waals surface area contributed by atoms with Gasteiger partial charge < -0.3 is 10.2 Å². The summed E-state index contributed by atoms with van der Waals surface area (Å²) in [4.78, 5) is 0. The maximum absolute atomic E-state index is 5.76. The van der Waals surface area contributed by atoms with Crippen LogP contribution in [0, 0.1) is 0 Å². The molecule has 0 heterocycles. The van der Waals surface area contributed by atoms with E-state index in [9.17, 15) is 0 Å². The van der Waals surface area contributed by atoms with E-state index in [4.69, 9.17) is 22.2 Å². The van der Waals surface area contributed by atoms with Gasteiger partial charge in [-0.2, -0.15) is 0 Å². The Morgan fingerprint density at radius 1 is 1.55 bits per heavy atom. The molecule has 0 bridgehead atoms. The average Bonchev–Trinajstić information content (AvgIpc) is 2.05. The molecule has 0 fully saturated rings. The molecule has 0 aromatic heterocycles. The second-order valence-electron chi connectivity index (χ2n) is 1.99. The van der Waals surface area contributed by atoms with Crippen LogP contribution in [0.25, 0.3) is 0 Å². The molecule has 4 heteroatoms. The highest BCUT2D eigenvalue weighted by Crippen LogP contribution is 2.26. The van der Waals surface area contributed by atoms with Gasteiger partial charge in [0.1, 0.15) is 5.75 Å². The van der Waals surface area contributed by atoms with Crippen molar-refractivity contribution in [1.82, 2.24) is 0 Å². The second-order valence-corrected chi connectivity index (χ2v) is 2.40. The number of hydrazine groups is 1. The van der Waals surface area contributed by atoms with Crippen molar-refractivity contribution in [1.29, 1.82) is 0 Å². The predicted molar refractivity (Wildman–Crippen MR) is 45.8 cm³/mol. The highest BCUT2D eigenvalue weighted by atomic mass is 35.5. The first-order chi connectivity index (χ1) is 5.27. The number of hydrogen-bond donors (Lipinski definition) is 2. The molecule has 60 valence electrons. The van der Waals surface area contributed by atoms with Crippen LogP contribution < -0.4 is 16.0 Å². The molecular weight excluding hydrogens is 164 g/mol. The summed E-state index contributed by atoms with van der Waals surface area (Å²) in [5, 5.41) is 0.575. The van der Waals surface area contributed by atoms with Gasteiger partial charge in [0.05, 0.1) is 17.8 Å². The van der Waals surface area contributed by atoms with Crippen molar-refractivity contribution in [2.75, 3.05) is 12.5 Å². The number of methoxy groups -OCH3 is 1. The fourth-order valence-corrected chi connectivity index (χ4v) is 0.944. The molecule has 0 atom stereocenters. The van der Waals surface area contributed by atoms with Crippen molar-refractivity contribution in [3.8, 4) is 5.75 Å². The number of nitrogens with one attached hydrogen (secondary N) is 1. The van der Waals surface area contributed by atoms with Crippen LogP contribution in [-0.4, -0.2) is 7.11 Å². The number of nitrogens with two attached hydrogens (primary N) is 1. The summed E-state index contributed by atoms with van der Waals surface area (Å²) in [7, 11) is 1.56. The Morgan fingerprint density at radius 3 is 2.82 bits per heavy atom. The van der Waals surface area contributed by atoms with Crippen LogP contribution in [0.4, 0.5) is 5.69 Å². The van der Waals surface area contributed by atoms with E-state index in [-0.39, 0.29) is 0 Å². The smallest absolute Gasteiger partial charge is 0.139 e. The summed E-state index contributed by atoms with van der Waals surface area (Å²) < 4.78 is 4.96. The molecule has 1 rings (SSSR count). The van der Waals surface area contributed by atoms with Crippen molar-refractivity contribution in [3.05, 3.63) is 23.2 Å². The molecule has 3 N–H and O–H groups in total. The molecule has 0 aliphatic carbocycles. The molecule has 0 aliphatic rings. The van der Waals surface area contributed by atoms with Gasteiger partial charge >= 0.3 is 0 Å². The normalized spacial score (nSPS) is 9.36. The van der Waals surface area contributed by atoms with Gasteiger partial charge in [-0.05, 0) is 12.1 Å². The summed E-state index contributed by atoms with van der Waals surface area (Å²) in [6.07, 6.45) is 0. The maximum Gasteiger partial charge on any atom is 0.139 e. The summed E-state index contributed by atoms with van der Waals surface area (Å²) in [5.41, 5.74) is 3.26. The third-order valence-electron chi connectivity index (χ3n) is 1.32. The maximum atomic E-state index is 5.76. The lowest BCUT2D eigenvalue weighted by Crippen LogP contribution is -2.06. The van der Waals surface area contributed by atoms with Gasteiger partial charge in [0, 0.05) is 6.07 Å². The third kappa shape index (κ3) is 1.76. The highest BCUT2D eigenvalue weighted by molar-refractivity contribution is 6.32. The number of anilines is 1. The highest BCUT2D eigenvalue weighted by Gasteiger charge is 1.99. The van der Waals surface area contributed by atoms with Gasteiger partial charge in [-0.3, -0.25) is 5.84 Å². The number of halogens is 1. The first-order valence-corrected chi connectivity index (χ1v) is 3.46. The van der Waals surface area contributed by atoms with Crippen molar-refractivity contribution in [2.45, 2.75) is 0 Å². The molecule has 3 nitrogen and oxygen atoms in total. The van der Waals surface area contributed by atoms with E-state index in [0.717, 1.165) is 5.69 Å². The van der Waals surface area contributed by atoms with Gasteiger partial charge in [0.25, 0.3) is 0 Å². The molecule has 1 aromatic rings. The summed E-state index contributed by atoms with van der Waals surface area (Å²) in [6, 6.07) is 5.21. The van der Waals surface area contributed by atoms with Crippen LogP contribution in [0.2, 0.25) is 5.02 Å². The van der Waals surface area contributed by atoms with Gasteiger partial charge in [-0.1, -0.05) is 11.6 Å². The fraction of sp³-hybridized carbons (Fsp3) is 0.143. The summed E-state index contributed by atoms with van der Waals surface area (Å²) in [6.45, 7) is 0. The zero-order chi connectivity index (χ0) is 8.27. The van der Waals surface area contributed by atoms with Gasteiger partial charge in [0.2, 0.25) is 0 Å². The first kappa shape index (κ1) is 8.17. The molecule has 1 aromatic carbocycles. The number of benzene rings is 1. The number of nitrogen functional groups attached to an aromatic ring is 1. The molecular formula is C7H9ClN2O. The Hall–Kier alpha value is -0.930. The van der Waals surface area contributed by atoms with Crippen LogP contribution in [0.3, 0.4) is 0 Å². The summed E-state index contributed by atoms with van der Waals surface area (Å²) in [5.74, 6) is 5.79. The lowest BCUT2D eigenvalue weighted by Gasteiger charge is -2.04. The van der Waals surface area contributed by atoms with E-state index in [1.54, 1.807) is 25.3 Å². The van der Waals surface area contributed by atoms with Gasteiger partial charge in [-0.25, -0.2) is 0 Å². The minimum absolute atomic E-state index is 0.575. The third-order valence-corrected chi connectivity index (χ3v) is 1.63. The Balaban J connectivity index is 3.02. The lowest BCUT2D eigenvalue weighted by atomic mass is 10.3. The number of rotatable bonds is 2. The van der Waals surface area contributed by atoms with Crippen LogP contribution in [-0.2, 0) is 0 Å². The zero-order valence-electron chi connectivity index (χ0n) is 6.10. The molecule has 0 saturated carbocycles. The first-order valence-electron chi connectivity index (χ1n) is 3.08. The molecule has 0 radical (unpaired) electrons. The van der Waals surface area contributed by atoms with Crippen LogP contribution >= 0.6 is 11.6 Å². The lowest BCUT2D eigenvalue weighted by molar-refractivity contribution is 0.415. The van der Waals surface area contributed by atoms with E-state index >= 15 is 0 Å². The van der Waals surface area contributed by atoms with Gasteiger partial charge in [-0.15, -0.1) is 0 Å². The van der Waals surface area contributed by atoms with Crippen LogP contribution in [0.15, 0.2) is 18.2 Å². The fourth-order valence-electron chi connectivity index (χ4n) is 0.750. The molecule has 0 aliphatic heterocycles. The topological polar surface area (TPSA) is 47.3 Å². The van der Waals surface area contributed by atoms with Crippen molar-refractivity contribution >= 4 is 17.3 Å². The van der Waals surface area contributed by atoms with E-state index in [0.29, 0.717) is 10.8 Å². The van der Waals surface area contributed by atoms with Crippen molar-refractivity contribution in [3.63, 3.8) is 0 Å². The van der Waals surface area contributed by atoms with E-state index in [1.165, 1.54) is 0 Å². The number of ether oxygens (including phenoxy) is 1. The van der Waals surface area contributed by atoms with Crippen LogP contribution in [0.1, 0.15) is 0 Å². The largest absolute Gasteiger partial charge is 0.495 e. The van der Waals surface area contributed by atoms with E-state index in [2.05, 4.69) is 5.43 Å². The Labute approximate surface area is 70.1 Å². The minimum Gasteiger partial charge on any atom is -0.495 e. The molecule has 0 saturated heterocycles. The predicted octanol–water partition coefficient (Wildman–Crippen LogP) is 1.63. The molecule has 11 heavy (non-hydrogen) atoms. The minimum atomic E-state index is 0.575. The second kappa shape index (κ2) is 3.46. The Bertz CT molecular complexity index is 252.